The maximum absolute atomic E-state index is 12.7. The monoisotopic (exact) mass is 430 g/mol. The lowest BCUT2D eigenvalue weighted by Gasteiger charge is -2.12. The molecular weight excluding hydrogens is 408 g/mol. The van der Waals surface area contributed by atoms with Crippen LogP contribution in [0.25, 0.3) is 0 Å². The Kier molecular flexibility index (Phi) is 6.41. The van der Waals surface area contributed by atoms with E-state index in [-0.39, 0.29) is 5.91 Å². The molecule has 0 spiro atoms. The van der Waals surface area contributed by atoms with Crippen molar-refractivity contribution in [3.63, 3.8) is 0 Å². The molecule has 0 fully saturated rings. The number of aromatic nitrogens is 3. The van der Waals surface area contributed by atoms with Gasteiger partial charge in [-0.1, -0.05) is 5.16 Å². The van der Waals surface area contributed by atoms with Gasteiger partial charge in [0.2, 0.25) is 0 Å². The van der Waals surface area contributed by atoms with Crippen LogP contribution in [0.1, 0.15) is 32.9 Å². The first-order chi connectivity index (χ1) is 15.6. The zero-order valence-corrected chi connectivity index (χ0v) is 17.7. The number of hydrogen-bond donors (Lipinski definition) is 1. The van der Waals surface area contributed by atoms with E-state index in [9.17, 15) is 4.79 Å². The third kappa shape index (κ3) is 5.10. The topological polar surface area (TPSA) is 99.4 Å². The van der Waals surface area contributed by atoms with Crippen molar-refractivity contribution in [1.29, 1.82) is 0 Å². The summed E-state index contributed by atoms with van der Waals surface area (Å²) in [5.74, 6) is 1.91. The van der Waals surface area contributed by atoms with Crippen molar-refractivity contribution in [1.82, 2.24) is 15.1 Å². The van der Waals surface area contributed by atoms with Crippen LogP contribution in [0.3, 0.4) is 0 Å². The average molecular weight is 430 g/mol. The molecule has 0 saturated heterocycles. The van der Waals surface area contributed by atoms with E-state index in [0.717, 1.165) is 22.6 Å². The summed E-state index contributed by atoms with van der Waals surface area (Å²) in [7, 11) is 0. The lowest BCUT2D eigenvalue weighted by atomic mass is 10.2. The fourth-order valence-electron chi connectivity index (χ4n) is 2.99. The van der Waals surface area contributed by atoms with Gasteiger partial charge in [0.25, 0.3) is 5.91 Å². The Morgan fingerprint density at radius 1 is 0.969 bits per heavy atom. The molecule has 1 aromatic carbocycles. The van der Waals surface area contributed by atoms with Gasteiger partial charge in [-0.05, 0) is 67.9 Å². The highest BCUT2D eigenvalue weighted by atomic mass is 16.5. The summed E-state index contributed by atoms with van der Waals surface area (Å²) in [6.07, 6.45) is 5.00. The Hall–Kier alpha value is -4.20. The van der Waals surface area contributed by atoms with E-state index < -0.39 is 0 Å². The molecule has 4 rings (SSSR count). The number of amides is 1. The molecule has 162 valence electrons. The van der Waals surface area contributed by atoms with Crippen LogP contribution in [0.5, 0.6) is 11.5 Å². The number of nitrogens with one attached hydrogen (secondary N) is 1. The fourth-order valence-corrected chi connectivity index (χ4v) is 2.99. The maximum atomic E-state index is 12.7. The standard InChI is InChI=1S/C24H22N4O4/c1-16-21(17(2)32-28-16)15-30-20-7-5-19(6-8-20)24(29)27-23-22(4-3-11-26-23)31-14-18-9-12-25-13-10-18/h3-13H,14-15H2,1-2H3,(H,26,27,29). The van der Waals surface area contributed by atoms with Crippen molar-refractivity contribution in [3.05, 3.63) is 95.3 Å². The van der Waals surface area contributed by atoms with Gasteiger partial charge in [0, 0.05) is 24.2 Å². The molecule has 4 aromatic rings. The molecule has 0 radical (unpaired) electrons. The van der Waals surface area contributed by atoms with Crippen LogP contribution in [0.15, 0.2) is 71.6 Å². The van der Waals surface area contributed by atoms with Gasteiger partial charge in [-0.2, -0.15) is 0 Å². The van der Waals surface area contributed by atoms with Gasteiger partial charge < -0.3 is 19.3 Å². The summed E-state index contributed by atoms with van der Waals surface area (Å²) in [6.45, 7) is 4.40. The van der Waals surface area contributed by atoms with Gasteiger partial charge in [-0.15, -0.1) is 0 Å². The van der Waals surface area contributed by atoms with E-state index in [1.54, 1.807) is 55.0 Å². The highest BCUT2D eigenvalue weighted by Gasteiger charge is 2.13. The smallest absolute Gasteiger partial charge is 0.256 e. The molecule has 3 heterocycles. The van der Waals surface area contributed by atoms with Crippen LogP contribution in [-0.4, -0.2) is 21.0 Å². The van der Waals surface area contributed by atoms with Crippen LogP contribution in [0.2, 0.25) is 0 Å². The lowest BCUT2D eigenvalue weighted by molar-refractivity contribution is 0.102. The summed E-state index contributed by atoms with van der Waals surface area (Å²) in [5, 5.41) is 6.72. The number of carbonyl (C=O) groups is 1. The van der Waals surface area contributed by atoms with Crippen LogP contribution in [0.4, 0.5) is 5.82 Å². The molecule has 0 aliphatic heterocycles. The number of rotatable bonds is 8. The molecular formula is C24H22N4O4. The Balaban J connectivity index is 1.38. The molecule has 0 aliphatic rings. The number of benzene rings is 1. The van der Waals surface area contributed by atoms with E-state index in [0.29, 0.717) is 36.1 Å². The van der Waals surface area contributed by atoms with Crippen LogP contribution in [0, 0.1) is 13.8 Å². The molecule has 0 saturated carbocycles. The van der Waals surface area contributed by atoms with E-state index in [1.165, 1.54) is 0 Å². The first-order valence-corrected chi connectivity index (χ1v) is 10.0. The van der Waals surface area contributed by atoms with Crippen molar-refractivity contribution < 1.29 is 18.8 Å². The first-order valence-electron chi connectivity index (χ1n) is 10.0. The second-order valence-corrected chi connectivity index (χ2v) is 7.06. The predicted molar refractivity (Wildman–Crippen MR) is 118 cm³/mol. The van der Waals surface area contributed by atoms with E-state index in [1.807, 2.05) is 26.0 Å². The third-order valence-electron chi connectivity index (χ3n) is 4.83. The van der Waals surface area contributed by atoms with Gasteiger partial charge >= 0.3 is 0 Å². The molecule has 0 bridgehead atoms. The second kappa shape index (κ2) is 9.74. The molecule has 1 N–H and O–H groups in total. The quantitative estimate of drug-likeness (QED) is 0.440. The second-order valence-electron chi connectivity index (χ2n) is 7.06. The van der Waals surface area contributed by atoms with Gasteiger partial charge in [-0.3, -0.25) is 9.78 Å². The number of pyridine rings is 2. The minimum atomic E-state index is -0.297. The number of hydrogen-bond acceptors (Lipinski definition) is 7. The summed E-state index contributed by atoms with van der Waals surface area (Å²) < 4.78 is 16.8. The van der Waals surface area contributed by atoms with Gasteiger partial charge in [-0.25, -0.2) is 4.98 Å². The van der Waals surface area contributed by atoms with Crippen molar-refractivity contribution in [2.75, 3.05) is 5.32 Å². The molecule has 1 amide bonds. The minimum absolute atomic E-state index is 0.297. The summed E-state index contributed by atoms with van der Waals surface area (Å²) in [6, 6.07) is 14.1. The maximum Gasteiger partial charge on any atom is 0.256 e. The molecule has 8 heteroatoms. The Morgan fingerprint density at radius 3 is 2.47 bits per heavy atom. The Labute approximate surface area is 185 Å². The number of carbonyl (C=O) groups excluding carboxylic acids is 1. The van der Waals surface area contributed by atoms with Crippen LogP contribution in [-0.2, 0) is 13.2 Å². The van der Waals surface area contributed by atoms with Gasteiger partial charge in [0.05, 0.1) is 11.3 Å². The zero-order valence-electron chi connectivity index (χ0n) is 17.7. The summed E-state index contributed by atoms with van der Waals surface area (Å²) >= 11 is 0. The predicted octanol–water partition coefficient (Wildman–Crippen LogP) is 4.49. The molecule has 8 nitrogen and oxygen atoms in total. The Bertz CT molecular complexity index is 1170. The highest BCUT2D eigenvalue weighted by Crippen LogP contribution is 2.23. The Morgan fingerprint density at radius 2 is 1.75 bits per heavy atom. The third-order valence-corrected chi connectivity index (χ3v) is 4.83. The number of aryl methyl sites for hydroxylation is 2. The molecule has 32 heavy (non-hydrogen) atoms. The number of nitrogens with zero attached hydrogens (tertiary/aromatic N) is 3. The van der Waals surface area contributed by atoms with Crippen molar-refractivity contribution >= 4 is 11.7 Å². The molecule has 3 aromatic heterocycles. The van der Waals surface area contributed by atoms with Gasteiger partial charge in [0.1, 0.15) is 24.7 Å². The van der Waals surface area contributed by atoms with E-state index in [2.05, 4.69) is 20.4 Å². The van der Waals surface area contributed by atoms with Crippen molar-refractivity contribution in [2.45, 2.75) is 27.1 Å². The number of anilines is 1. The van der Waals surface area contributed by atoms with E-state index in [4.69, 9.17) is 14.0 Å². The van der Waals surface area contributed by atoms with E-state index >= 15 is 0 Å². The normalized spacial score (nSPS) is 10.6. The number of ether oxygens (including phenoxy) is 2. The van der Waals surface area contributed by atoms with Crippen LogP contribution < -0.4 is 14.8 Å². The zero-order chi connectivity index (χ0) is 22.3. The SMILES string of the molecule is Cc1noc(C)c1COc1ccc(C(=O)Nc2ncccc2OCc2ccncc2)cc1. The van der Waals surface area contributed by atoms with Gasteiger partial charge in [0.15, 0.2) is 11.6 Å². The largest absolute Gasteiger partial charge is 0.489 e. The first kappa shape index (κ1) is 21.0. The summed E-state index contributed by atoms with van der Waals surface area (Å²) in [5.41, 5.74) is 3.16. The minimum Gasteiger partial charge on any atom is -0.489 e. The molecule has 0 unspecified atom stereocenters. The highest BCUT2D eigenvalue weighted by molar-refractivity contribution is 6.04. The van der Waals surface area contributed by atoms with Crippen molar-refractivity contribution in [3.8, 4) is 11.5 Å². The molecule has 0 atom stereocenters. The summed E-state index contributed by atoms with van der Waals surface area (Å²) in [4.78, 5) is 20.9. The van der Waals surface area contributed by atoms with Crippen molar-refractivity contribution in [2.24, 2.45) is 0 Å². The average Bonchev–Trinajstić information content (AvgIpc) is 3.15. The fraction of sp³-hybridized carbons (Fsp3) is 0.167. The lowest BCUT2D eigenvalue weighted by Crippen LogP contribution is -2.14. The molecule has 0 aliphatic carbocycles. The van der Waals surface area contributed by atoms with Crippen LogP contribution >= 0.6 is 0 Å².